The normalized spacial score (nSPS) is 26.2. The molecule has 3 saturated carbocycles. The Bertz CT molecular complexity index is 973. The maximum absolute atomic E-state index is 13.8. The van der Waals surface area contributed by atoms with Gasteiger partial charge in [-0.15, -0.1) is 0 Å². The first-order valence-electron chi connectivity index (χ1n) is 15.9. The molecule has 0 radical (unpaired) electrons. The van der Waals surface area contributed by atoms with E-state index in [0.717, 1.165) is 31.5 Å². The predicted octanol–water partition coefficient (Wildman–Crippen LogP) is 4.28. The van der Waals surface area contributed by atoms with Crippen molar-refractivity contribution in [3.63, 3.8) is 0 Å². The molecule has 0 aliphatic heterocycles. The van der Waals surface area contributed by atoms with Crippen LogP contribution in [0.3, 0.4) is 0 Å². The summed E-state index contributed by atoms with van der Waals surface area (Å²) in [4.78, 5) is 27.1. The standard InChI is InChI=1S/C33H57N5O3/c1-9-27(30(39)19-36-41)31(32(40)37-29-16-25-15-28(22(29)4)33(25,5)6)35-18-24-12-10-11-23(14-24)17-34-26(13-21(2)3)20-38(7)8/h10-12,14,21-22,25-31,34-35,39H,9,13,15-20H2,1-8H3,(H,37,40)/p+1/t22?,25?,26?,27?,28?,29?,30-,31-/m0/s1. The fraction of sp³-hybridized carbons (Fsp3) is 0.788. The van der Waals surface area contributed by atoms with Crippen LogP contribution in [0.15, 0.2) is 29.4 Å². The Morgan fingerprint density at radius 2 is 1.80 bits per heavy atom. The van der Waals surface area contributed by atoms with E-state index in [1.165, 1.54) is 12.0 Å². The molecule has 5 N–H and O–H groups in total. The molecule has 8 heteroatoms. The van der Waals surface area contributed by atoms with Crippen LogP contribution in [0.1, 0.15) is 78.4 Å². The van der Waals surface area contributed by atoms with Gasteiger partial charge in [-0.25, -0.2) is 0 Å². The topological polar surface area (TPSA) is 109 Å². The van der Waals surface area contributed by atoms with Crippen LogP contribution in [0.4, 0.5) is 0 Å². The largest absolute Gasteiger partial charge is 0.441 e. The van der Waals surface area contributed by atoms with Crippen LogP contribution in [0.5, 0.6) is 0 Å². The van der Waals surface area contributed by atoms with Gasteiger partial charge in [-0.05, 0) is 80.0 Å². The van der Waals surface area contributed by atoms with E-state index in [9.17, 15) is 9.70 Å². The lowest BCUT2D eigenvalue weighted by Crippen LogP contribution is -2.63. The van der Waals surface area contributed by atoms with Gasteiger partial charge in [-0.1, -0.05) is 71.0 Å². The van der Waals surface area contributed by atoms with Crippen molar-refractivity contribution in [1.82, 2.24) is 20.9 Å². The average molecular weight is 573 g/mol. The highest BCUT2D eigenvalue weighted by Crippen LogP contribution is 2.61. The summed E-state index contributed by atoms with van der Waals surface area (Å²) in [6.45, 7) is 15.7. The number of nitroso groups, excluding NO2 is 1. The van der Waals surface area contributed by atoms with E-state index >= 15 is 0 Å². The van der Waals surface area contributed by atoms with Gasteiger partial charge < -0.3 is 26.0 Å². The molecule has 0 aromatic heterocycles. The van der Waals surface area contributed by atoms with Crippen molar-refractivity contribution in [3.05, 3.63) is 40.3 Å². The molecule has 1 aromatic carbocycles. The number of likely N-dealkylation sites (N-methyl/N-ethyl adjacent to an activating group) is 1. The number of nitrogens with one attached hydrogen (secondary N) is 3. The second kappa shape index (κ2) is 15.0. The van der Waals surface area contributed by atoms with Crippen molar-refractivity contribution < 1.29 is 9.90 Å². The van der Waals surface area contributed by atoms with E-state index < -0.39 is 12.1 Å². The number of rotatable bonds is 17. The summed E-state index contributed by atoms with van der Waals surface area (Å²) in [6, 6.07) is 8.52. The Morgan fingerprint density at radius 1 is 1.15 bits per heavy atom. The summed E-state index contributed by atoms with van der Waals surface area (Å²) in [5.74, 6) is 2.00. The molecule has 2 bridgehead atoms. The van der Waals surface area contributed by atoms with Crippen LogP contribution in [-0.2, 0) is 17.9 Å². The van der Waals surface area contributed by atoms with Crippen LogP contribution in [0, 0.1) is 39.9 Å². The third-order valence-corrected chi connectivity index (χ3v) is 10.1. The van der Waals surface area contributed by atoms with Gasteiger partial charge >= 0.3 is 0 Å². The maximum Gasteiger partial charge on any atom is 0.237 e. The predicted molar refractivity (Wildman–Crippen MR) is 169 cm³/mol. The number of nitrogens with zero attached hydrogens (tertiary/aromatic N) is 2. The summed E-state index contributed by atoms with van der Waals surface area (Å²) in [5.41, 5.74) is 2.67. The quantitative estimate of drug-likeness (QED) is 0.191. The molecule has 0 heterocycles. The highest BCUT2D eigenvalue weighted by molar-refractivity contribution is 5.82. The van der Waals surface area contributed by atoms with E-state index in [-0.39, 0.29) is 24.4 Å². The van der Waals surface area contributed by atoms with E-state index in [2.05, 4.69) is 99.0 Å². The van der Waals surface area contributed by atoms with Gasteiger partial charge in [-0.2, -0.15) is 4.91 Å². The van der Waals surface area contributed by atoms with E-state index in [0.29, 0.717) is 48.1 Å². The minimum atomic E-state index is -0.720. The second-order valence-electron chi connectivity index (χ2n) is 14.2. The molecule has 6 unspecified atom stereocenters. The lowest BCUT2D eigenvalue weighted by atomic mass is 9.45. The fourth-order valence-corrected chi connectivity index (χ4v) is 7.59. The lowest BCUT2D eigenvalue weighted by molar-refractivity contribution is -0.137. The molecule has 3 fully saturated rings. The molecule has 8 atom stereocenters. The van der Waals surface area contributed by atoms with Crippen molar-refractivity contribution in [2.24, 2.45) is 40.2 Å². The SMILES string of the molecule is CCC([C@H](NCc1cccc(CNC(CC(C)C)CN(C)C)c1)C(=O)NC1CC2CC(C1C)C2(C)C)[C@@H]([OH2+])CN=O. The van der Waals surface area contributed by atoms with Crippen molar-refractivity contribution in [3.8, 4) is 0 Å². The highest BCUT2D eigenvalue weighted by Gasteiger charge is 2.56. The Labute approximate surface area is 248 Å². The third kappa shape index (κ3) is 8.82. The minimum Gasteiger partial charge on any atom is -0.441 e. The first kappa shape index (κ1) is 33.6. The first-order chi connectivity index (χ1) is 19.4. The molecule has 4 rings (SSSR count). The molecule has 8 nitrogen and oxygen atoms in total. The van der Waals surface area contributed by atoms with Crippen LogP contribution >= 0.6 is 0 Å². The average Bonchev–Trinajstić information content (AvgIpc) is 2.90. The molecule has 0 saturated heterocycles. The zero-order valence-corrected chi connectivity index (χ0v) is 26.9. The minimum absolute atomic E-state index is 0.0472. The van der Waals surface area contributed by atoms with Gasteiger partial charge in [0.15, 0.2) is 12.6 Å². The van der Waals surface area contributed by atoms with Gasteiger partial charge in [0.05, 0.1) is 12.0 Å². The molecular formula is C33H58N5O3+. The second-order valence-corrected chi connectivity index (χ2v) is 14.2. The molecule has 1 amide bonds. The summed E-state index contributed by atoms with van der Waals surface area (Å²) >= 11 is 0. The molecule has 1 aromatic rings. The highest BCUT2D eigenvalue weighted by atomic mass is 16.3. The molecule has 0 spiro atoms. The van der Waals surface area contributed by atoms with Crippen molar-refractivity contribution in [1.29, 1.82) is 0 Å². The van der Waals surface area contributed by atoms with Gasteiger partial charge in [-0.3, -0.25) is 4.79 Å². The van der Waals surface area contributed by atoms with Crippen LogP contribution in [0.2, 0.25) is 0 Å². The van der Waals surface area contributed by atoms with E-state index in [4.69, 9.17) is 5.11 Å². The Balaban J connectivity index is 1.68. The number of hydrogen-bond donors (Lipinski definition) is 3. The van der Waals surface area contributed by atoms with Crippen LogP contribution in [0.25, 0.3) is 0 Å². The molecule has 3 aliphatic rings. The number of benzene rings is 1. The van der Waals surface area contributed by atoms with Gasteiger partial charge in [0, 0.05) is 31.7 Å². The van der Waals surface area contributed by atoms with Gasteiger partial charge in [0.25, 0.3) is 0 Å². The number of carbonyl (C=O) groups is 1. The maximum atomic E-state index is 13.8. The molecular weight excluding hydrogens is 514 g/mol. The first-order valence-corrected chi connectivity index (χ1v) is 15.9. The van der Waals surface area contributed by atoms with Crippen molar-refractivity contribution in [2.75, 3.05) is 27.2 Å². The Morgan fingerprint density at radius 3 is 2.34 bits per heavy atom. The Kier molecular flexibility index (Phi) is 12.3. The van der Waals surface area contributed by atoms with E-state index in [1.807, 2.05) is 6.92 Å². The fourth-order valence-electron chi connectivity index (χ4n) is 7.59. The molecule has 41 heavy (non-hydrogen) atoms. The summed E-state index contributed by atoms with van der Waals surface area (Å²) in [6.07, 6.45) is 3.30. The summed E-state index contributed by atoms with van der Waals surface area (Å²) in [5, 5.41) is 22.2. The van der Waals surface area contributed by atoms with Crippen molar-refractivity contribution >= 4 is 5.91 Å². The van der Waals surface area contributed by atoms with Crippen LogP contribution in [-0.4, -0.2) is 67.3 Å². The Hall–Kier alpha value is -1.87. The van der Waals surface area contributed by atoms with Gasteiger partial charge in [0.1, 0.15) is 0 Å². The summed E-state index contributed by atoms with van der Waals surface area (Å²) < 4.78 is 0. The molecule has 3 aliphatic carbocycles. The van der Waals surface area contributed by atoms with E-state index in [1.54, 1.807) is 0 Å². The zero-order chi connectivity index (χ0) is 30.3. The van der Waals surface area contributed by atoms with Crippen LogP contribution < -0.4 is 16.0 Å². The lowest BCUT2D eigenvalue weighted by Gasteiger charge is -2.62. The number of carbonyl (C=O) groups excluding carboxylic acids is 1. The third-order valence-electron chi connectivity index (χ3n) is 10.1. The van der Waals surface area contributed by atoms with Crippen molar-refractivity contribution in [2.45, 2.75) is 105 Å². The zero-order valence-electron chi connectivity index (χ0n) is 26.9. The number of fused-ring (bicyclic) bond motifs is 2. The summed E-state index contributed by atoms with van der Waals surface area (Å²) in [7, 11) is 4.23. The number of amides is 1. The monoisotopic (exact) mass is 572 g/mol. The van der Waals surface area contributed by atoms with Gasteiger partial charge in [0.2, 0.25) is 5.91 Å². The molecule has 232 valence electrons. The number of hydrogen-bond acceptors (Lipinski definition) is 6. The smallest absolute Gasteiger partial charge is 0.237 e.